The Hall–Kier alpha value is -0.180. The fourth-order valence-corrected chi connectivity index (χ4v) is 4.95. The van der Waals surface area contributed by atoms with Crippen LogP contribution in [0.4, 0.5) is 0 Å². The maximum Gasteiger partial charge on any atom is 0.323 e. The first-order chi connectivity index (χ1) is 11.0. The molecule has 0 aromatic heterocycles. The molecule has 1 saturated heterocycles. The molecule has 1 heterocycles. The lowest BCUT2D eigenvalue weighted by molar-refractivity contribution is -0.143. The summed E-state index contributed by atoms with van der Waals surface area (Å²) < 4.78 is 4.83. The van der Waals surface area contributed by atoms with Crippen LogP contribution in [-0.4, -0.2) is 22.6 Å². The van der Waals surface area contributed by atoms with E-state index in [0.717, 1.165) is 12.8 Å². The lowest BCUT2D eigenvalue weighted by Crippen LogP contribution is -2.32. The van der Waals surface area contributed by atoms with E-state index in [4.69, 9.17) is 4.74 Å². The maximum absolute atomic E-state index is 12.0. The van der Waals surface area contributed by atoms with Gasteiger partial charge in [-0.05, 0) is 20.3 Å². The van der Waals surface area contributed by atoms with Gasteiger partial charge in [-0.2, -0.15) is 0 Å². The van der Waals surface area contributed by atoms with E-state index >= 15 is 0 Å². The predicted molar refractivity (Wildman–Crippen MR) is 102 cm³/mol. The Labute approximate surface area is 148 Å². The van der Waals surface area contributed by atoms with Gasteiger partial charge in [0.15, 0.2) is 0 Å². The van der Waals surface area contributed by atoms with Gasteiger partial charge >= 0.3 is 5.97 Å². The van der Waals surface area contributed by atoms with Crippen LogP contribution in [0, 0.1) is 0 Å². The summed E-state index contributed by atoms with van der Waals surface area (Å²) in [6, 6.07) is 0. The molecule has 136 valence electrons. The summed E-state index contributed by atoms with van der Waals surface area (Å²) in [4.78, 5) is 12.0. The third-order valence-corrected chi connectivity index (χ3v) is 7.14. The van der Waals surface area contributed by atoms with E-state index in [0.29, 0.717) is 0 Å². The Kier molecular flexibility index (Phi) is 9.65. The number of thioether (sulfide) groups is 1. The number of carbonyl (C=O) groups is 1. The van der Waals surface area contributed by atoms with Crippen LogP contribution in [0.25, 0.3) is 0 Å². The molecule has 0 saturated carbocycles. The normalized spacial score (nSPS) is 22.1. The van der Waals surface area contributed by atoms with Crippen LogP contribution < -0.4 is 0 Å². The van der Waals surface area contributed by atoms with Crippen LogP contribution in [0.2, 0.25) is 0 Å². The van der Waals surface area contributed by atoms with Crippen LogP contribution in [-0.2, 0) is 9.53 Å². The van der Waals surface area contributed by atoms with Gasteiger partial charge in [0.05, 0.1) is 7.11 Å². The van der Waals surface area contributed by atoms with Gasteiger partial charge in [0.2, 0.25) is 0 Å². The van der Waals surface area contributed by atoms with E-state index in [2.05, 4.69) is 20.8 Å². The molecule has 1 unspecified atom stereocenters. The highest BCUT2D eigenvalue weighted by Gasteiger charge is 2.68. The number of unbranched alkanes of at least 4 members (excludes halogenated alkanes) is 11. The van der Waals surface area contributed by atoms with Gasteiger partial charge < -0.3 is 4.74 Å². The molecule has 1 atom stereocenters. The van der Waals surface area contributed by atoms with Gasteiger partial charge in [-0.15, -0.1) is 11.8 Å². The van der Waals surface area contributed by atoms with Gasteiger partial charge in [-0.25, -0.2) is 0 Å². The second-order valence-corrected chi connectivity index (χ2v) is 9.49. The number of hydrogen-bond donors (Lipinski definition) is 0. The fourth-order valence-electron chi connectivity index (χ4n) is 3.53. The molecule has 0 N–H and O–H groups in total. The molecule has 0 spiro atoms. The Morgan fingerprint density at radius 2 is 1.22 bits per heavy atom. The standard InChI is InChI=1S/C20H38O2S/c1-5-6-7-8-9-10-11-12-13-14-15-16-17-20(18(21)22-4)19(2,3)23-20/h5-17H2,1-4H3. The monoisotopic (exact) mass is 342 g/mol. The van der Waals surface area contributed by atoms with Crippen molar-refractivity contribution in [1.29, 1.82) is 0 Å². The molecule has 0 aromatic carbocycles. The Bertz CT molecular complexity index is 341. The van der Waals surface area contributed by atoms with E-state index in [9.17, 15) is 4.79 Å². The Morgan fingerprint density at radius 1 is 0.826 bits per heavy atom. The minimum absolute atomic E-state index is 0.0180. The molecular weight excluding hydrogens is 304 g/mol. The van der Waals surface area contributed by atoms with Crippen molar-refractivity contribution in [2.24, 2.45) is 0 Å². The van der Waals surface area contributed by atoms with Gasteiger partial charge in [0.25, 0.3) is 0 Å². The number of methoxy groups -OCH3 is 1. The summed E-state index contributed by atoms with van der Waals surface area (Å²) in [5, 5.41) is 0. The van der Waals surface area contributed by atoms with Crippen LogP contribution >= 0.6 is 11.8 Å². The summed E-state index contributed by atoms with van der Waals surface area (Å²) in [7, 11) is 1.52. The first kappa shape index (κ1) is 20.9. The van der Waals surface area contributed by atoms with Crippen molar-refractivity contribution in [3.8, 4) is 0 Å². The Morgan fingerprint density at radius 3 is 1.57 bits per heavy atom. The number of esters is 1. The highest BCUT2D eigenvalue weighted by atomic mass is 32.2. The minimum atomic E-state index is -0.250. The molecule has 3 heteroatoms. The largest absolute Gasteiger partial charge is 0.468 e. The molecule has 23 heavy (non-hydrogen) atoms. The quantitative estimate of drug-likeness (QED) is 0.204. The smallest absolute Gasteiger partial charge is 0.323 e. The lowest BCUT2D eigenvalue weighted by atomic mass is 9.90. The molecule has 0 bridgehead atoms. The molecule has 0 amide bonds. The molecule has 0 radical (unpaired) electrons. The third-order valence-electron chi connectivity index (χ3n) is 5.26. The molecule has 1 fully saturated rings. The van der Waals surface area contributed by atoms with Crippen LogP contribution in [0.15, 0.2) is 0 Å². The summed E-state index contributed by atoms with van der Waals surface area (Å²) in [5.41, 5.74) is 0. The molecule has 2 nitrogen and oxygen atoms in total. The first-order valence-electron chi connectivity index (χ1n) is 9.79. The second-order valence-electron chi connectivity index (χ2n) is 7.57. The maximum atomic E-state index is 12.0. The van der Waals surface area contributed by atoms with E-state index in [1.54, 1.807) is 11.8 Å². The van der Waals surface area contributed by atoms with E-state index < -0.39 is 0 Å². The first-order valence-corrected chi connectivity index (χ1v) is 10.6. The van der Waals surface area contributed by atoms with Crippen LogP contribution in [0.5, 0.6) is 0 Å². The van der Waals surface area contributed by atoms with E-state index in [-0.39, 0.29) is 15.5 Å². The molecule has 1 rings (SSSR count). The topological polar surface area (TPSA) is 26.3 Å². The van der Waals surface area contributed by atoms with Crippen molar-refractivity contribution in [3.05, 3.63) is 0 Å². The number of rotatable bonds is 14. The number of hydrogen-bond acceptors (Lipinski definition) is 3. The van der Waals surface area contributed by atoms with Gasteiger partial charge in [0, 0.05) is 4.75 Å². The molecule has 0 aliphatic carbocycles. The zero-order chi connectivity index (χ0) is 17.2. The Balaban J connectivity index is 1.95. The van der Waals surface area contributed by atoms with Crippen molar-refractivity contribution < 1.29 is 9.53 Å². The van der Waals surface area contributed by atoms with Crippen molar-refractivity contribution in [3.63, 3.8) is 0 Å². The van der Waals surface area contributed by atoms with E-state index in [1.807, 2.05) is 0 Å². The van der Waals surface area contributed by atoms with Crippen LogP contribution in [0.3, 0.4) is 0 Å². The van der Waals surface area contributed by atoms with Crippen molar-refractivity contribution in [1.82, 2.24) is 0 Å². The van der Waals surface area contributed by atoms with Gasteiger partial charge in [0.1, 0.15) is 4.75 Å². The molecule has 1 aliphatic rings. The zero-order valence-electron chi connectivity index (χ0n) is 15.9. The summed E-state index contributed by atoms with van der Waals surface area (Å²) in [6.45, 7) is 6.60. The fraction of sp³-hybridized carbons (Fsp3) is 0.950. The number of carbonyl (C=O) groups excluding carboxylic acids is 1. The average Bonchev–Trinajstić information content (AvgIpc) is 3.10. The summed E-state index contributed by atoms with van der Waals surface area (Å²) in [5.74, 6) is -0.0180. The predicted octanol–water partition coefficient (Wildman–Crippen LogP) is 6.51. The summed E-state index contributed by atoms with van der Waals surface area (Å²) >= 11 is 1.78. The minimum Gasteiger partial charge on any atom is -0.468 e. The van der Waals surface area contributed by atoms with E-state index in [1.165, 1.54) is 77.7 Å². The van der Waals surface area contributed by atoms with Crippen molar-refractivity contribution in [2.45, 2.75) is 114 Å². The molecular formula is C20H38O2S. The zero-order valence-corrected chi connectivity index (χ0v) is 16.7. The SMILES string of the molecule is CCCCCCCCCCCCCCC1(C(=O)OC)SC1(C)C. The second kappa shape index (κ2) is 10.6. The molecule has 0 aromatic rings. The highest BCUT2D eigenvalue weighted by Crippen LogP contribution is 2.66. The lowest BCUT2D eigenvalue weighted by Gasteiger charge is -2.15. The highest BCUT2D eigenvalue weighted by molar-refractivity contribution is 8.10. The molecule has 1 aliphatic heterocycles. The average molecular weight is 343 g/mol. The third kappa shape index (κ3) is 6.68. The van der Waals surface area contributed by atoms with Crippen LogP contribution in [0.1, 0.15) is 104 Å². The summed E-state index contributed by atoms with van der Waals surface area (Å²) in [6.07, 6.45) is 17.3. The van der Waals surface area contributed by atoms with Gasteiger partial charge in [-0.1, -0.05) is 84.0 Å². The van der Waals surface area contributed by atoms with Crippen molar-refractivity contribution >= 4 is 17.7 Å². The van der Waals surface area contributed by atoms with Gasteiger partial charge in [-0.3, -0.25) is 4.79 Å². The number of ether oxygens (including phenoxy) is 1. The van der Waals surface area contributed by atoms with Crippen molar-refractivity contribution in [2.75, 3.05) is 7.11 Å².